The minimum atomic E-state index is -1.39. The normalized spacial score (nSPS) is 40.0. The van der Waals surface area contributed by atoms with Gasteiger partial charge in [-0.2, -0.15) is 0 Å². The highest BCUT2D eigenvalue weighted by molar-refractivity contribution is 6.04. The van der Waals surface area contributed by atoms with Gasteiger partial charge in [0.05, 0.1) is 17.8 Å². The first-order valence-corrected chi connectivity index (χ1v) is 16.4. The fraction of sp³-hybridized carbons (Fsp3) is 0.939. The number of Topliss-reactive ketones (excluding diaryl/α,β-unsaturated/α-hetero) is 1. The number of piperidine rings is 1. The summed E-state index contributed by atoms with van der Waals surface area (Å²) in [5, 5.41) is 11.3. The molecule has 0 aromatic heterocycles. The van der Waals surface area contributed by atoms with Crippen LogP contribution in [0.15, 0.2) is 0 Å². The summed E-state index contributed by atoms with van der Waals surface area (Å²) >= 11 is 0. The van der Waals surface area contributed by atoms with E-state index in [0.29, 0.717) is 18.8 Å². The Morgan fingerprint density at radius 2 is 1.72 bits per heavy atom. The molecule has 0 radical (unpaired) electrons. The van der Waals surface area contributed by atoms with Gasteiger partial charge in [0.2, 0.25) is 0 Å². The zero-order chi connectivity index (χ0) is 32.3. The van der Waals surface area contributed by atoms with Crippen LogP contribution in [0.1, 0.15) is 74.1 Å². The third-order valence-electron chi connectivity index (χ3n) is 10.5. The van der Waals surface area contributed by atoms with Crippen molar-refractivity contribution in [2.75, 3.05) is 61.0 Å². The highest BCUT2D eigenvalue weighted by Crippen LogP contribution is 2.38. The number of aliphatic hydroxyl groups is 1. The molecule has 0 aromatic rings. The number of ketones is 1. The van der Waals surface area contributed by atoms with Crippen LogP contribution < -0.4 is 0 Å². The Bertz CT molecular complexity index is 924. The molecule has 10 heteroatoms. The van der Waals surface area contributed by atoms with Crippen LogP contribution >= 0.6 is 0 Å². The fourth-order valence-corrected chi connectivity index (χ4v) is 7.71. The van der Waals surface area contributed by atoms with Gasteiger partial charge in [-0.05, 0) is 106 Å². The Balaban J connectivity index is 1.97. The van der Waals surface area contributed by atoms with Gasteiger partial charge < -0.3 is 33.9 Å². The van der Waals surface area contributed by atoms with Crippen LogP contribution in [0.3, 0.4) is 0 Å². The molecular weight excluding hydrogens is 550 g/mol. The second kappa shape index (κ2) is 15.0. The molecule has 3 heterocycles. The third-order valence-corrected chi connectivity index (χ3v) is 10.5. The molecule has 0 aromatic carbocycles. The summed E-state index contributed by atoms with van der Waals surface area (Å²) in [5.41, 5.74) is -2.29. The number of nitrogens with zero attached hydrogens (tertiary/aromatic N) is 3. The van der Waals surface area contributed by atoms with E-state index in [4.69, 9.17) is 18.9 Å². The lowest BCUT2D eigenvalue weighted by atomic mass is 9.74. The molecule has 10 nitrogen and oxygen atoms in total. The van der Waals surface area contributed by atoms with Crippen molar-refractivity contribution in [3.05, 3.63) is 0 Å². The van der Waals surface area contributed by atoms with Crippen molar-refractivity contribution >= 4 is 11.8 Å². The molecule has 1 N–H and O–H groups in total. The molecule has 9 atom stereocenters. The van der Waals surface area contributed by atoms with Crippen LogP contribution in [-0.4, -0.2) is 135 Å². The van der Waals surface area contributed by atoms with Gasteiger partial charge in [0.25, 0.3) is 0 Å². The van der Waals surface area contributed by atoms with Gasteiger partial charge in [-0.25, -0.2) is 0 Å². The van der Waals surface area contributed by atoms with Crippen LogP contribution in [0.2, 0.25) is 0 Å². The quantitative estimate of drug-likeness (QED) is 0.356. The van der Waals surface area contributed by atoms with Crippen molar-refractivity contribution in [3.63, 3.8) is 0 Å². The van der Waals surface area contributed by atoms with Crippen molar-refractivity contribution in [1.29, 1.82) is 0 Å². The summed E-state index contributed by atoms with van der Waals surface area (Å²) in [6.45, 7) is 17.6. The number of likely N-dealkylation sites (tertiary alicyclic amines) is 1. The highest BCUT2D eigenvalue weighted by atomic mass is 16.7. The van der Waals surface area contributed by atoms with E-state index in [-0.39, 0.29) is 36.5 Å². The molecule has 3 aliphatic heterocycles. The number of methoxy groups -OCH3 is 1. The number of hydrogen-bond acceptors (Lipinski definition) is 10. The zero-order valence-electron chi connectivity index (χ0n) is 28.8. The molecule has 3 aliphatic rings. The standard InChI is InChI=1S/C33H61N3O7/c1-12-36-15-13-24(14-16-36)26-20-41-31(39)32(5,6)28(38)23(4)29(33(7,40-11)18-21(2)19-35(26)10)43-30-27(37)25(34(8)9)17-22(3)42-30/h21-27,29-30,37H,12-20H2,1-11H3/t21-,22-,23+,25+,26?,27-,29-,30+,33-/m1/s1. The number of aliphatic hydroxyl groups excluding tert-OH is 1. The highest BCUT2D eigenvalue weighted by Gasteiger charge is 2.51. The summed E-state index contributed by atoms with van der Waals surface area (Å²) in [6, 6.07) is -0.103. The lowest BCUT2D eigenvalue weighted by Gasteiger charge is -2.47. The van der Waals surface area contributed by atoms with E-state index in [0.717, 1.165) is 39.0 Å². The lowest BCUT2D eigenvalue weighted by molar-refractivity contribution is -0.295. The fourth-order valence-electron chi connectivity index (χ4n) is 7.71. The molecule has 0 spiro atoms. The topological polar surface area (TPSA) is 101 Å². The number of rotatable bonds is 6. The second-order valence-corrected chi connectivity index (χ2v) is 14.6. The average Bonchev–Trinajstić information content (AvgIpc) is 2.96. The molecule has 3 saturated heterocycles. The summed E-state index contributed by atoms with van der Waals surface area (Å²) in [6.07, 6.45) is 0.583. The van der Waals surface area contributed by atoms with Crippen LogP contribution in [0.5, 0.6) is 0 Å². The number of likely N-dealkylation sites (N-methyl/N-ethyl adjacent to an activating group) is 2. The van der Waals surface area contributed by atoms with E-state index < -0.39 is 41.4 Å². The first-order chi connectivity index (χ1) is 20.0. The minimum Gasteiger partial charge on any atom is -0.463 e. The number of carbonyl (C=O) groups is 2. The molecule has 0 bridgehead atoms. The SMILES string of the molecule is CCN1CCC(C2COC(=O)C(C)(C)C(=O)[C@H](C)[C@@H](O[C@@H]3O[C@H](C)C[C@H](N(C)C)[C@H]3O)[C@](C)(OC)C[C@@H](C)CN2C)CC1. The third kappa shape index (κ3) is 8.37. The van der Waals surface area contributed by atoms with Gasteiger partial charge in [0, 0.05) is 31.7 Å². The van der Waals surface area contributed by atoms with Crippen LogP contribution in [0, 0.1) is 23.2 Å². The number of ether oxygens (including phenoxy) is 4. The van der Waals surface area contributed by atoms with Gasteiger partial charge >= 0.3 is 5.97 Å². The maximum absolute atomic E-state index is 14.2. The van der Waals surface area contributed by atoms with Gasteiger partial charge in [0.15, 0.2) is 12.1 Å². The van der Waals surface area contributed by atoms with E-state index in [9.17, 15) is 14.7 Å². The smallest absolute Gasteiger partial charge is 0.319 e. The van der Waals surface area contributed by atoms with Crippen LogP contribution in [-0.2, 0) is 28.5 Å². The molecule has 0 saturated carbocycles. The Morgan fingerprint density at radius 1 is 1.09 bits per heavy atom. The van der Waals surface area contributed by atoms with Gasteiger partial charge in [-0.15, -0.1) is 0 Å². The summed E-state index contributed by atoms with van der Waals surface area (Å²) in [4.78, 5) is 34.6. The lowest BCUT2D eigenvalue weighted by Crippen LogP contribution is -2.59. The van der Waals surface area contributed by atoms with Crippen molar-refractivity contribution in [3.8, 4) is 0 Å². The Labute approximate surface area is 260 Å². The number of hydrogen-bond donors (Lipinski definition) is 1. The largest absolute Gasteiger partial charge is 0.463 e. The van der Waals surface area contributed by atoms with Crippen molar-refractivity contribution in [1.82, 2.24) is 14.7 Å². The average molecular weight is 612 g/mol. The number of carbonyl (C=O) groups excluding carboxylic acids is 2. The van der Waals surface area contributed by atoms with E-state index in [1.54, 1.807) is 27.9 Å². The molecular formula is C33H61N3O7. The van der Waals surface area contributed by atoms with E-state index in [1.807, 2.05) is 32.8 Å². The second-order valence-electron chi connectivity index (χ2n) is 14.6. The first kappa shape index (κ1) is 36.3. The van der Waals surface area contributed by atoms with Crippen LogP contribution in [0.25, 0.3) is 0 Å². The molecule has 43 heavy (non-hydrogen) atoms. The van der Waals surface area contributed by atoms with E-state index in [2.05, 4.69) is 30.7 Å². The molecule has 1 unspecified atom stereocenters. The maximum Gasteiger partial charge on any atom is 0.319 e. The molecule has 0 amide bonds. The van der Waals surface area contributed by atoms with Crippen molar-refractivity contribution in [2.45, 2.75) is 116 Å². The van der Waals surface area contributed by atoms with Gasteiger partial charge in [-0.3, -0.25) is 14.5 Å². The van der Waals surface area contributed by atoms with Crippen molar-refractivity contribution in [2.24, 2.45) is 23.2 Å². The summed E-state index contributed by atoms with van der Waals surface area (Å²) in [5.74, 6) is -0.956. The van der Waals surface area contributed by atoms with Gasteiger partial charge in [0.1, 0.15) is 18.1 Å². The Morgan fingerprint density at radius 3 is 2.28 bits per heavy atom. The number of cyclic esters (lactones) is 1. The van der Waals surface area contributed by atoms with E-state index >= 15 is 0 Å². The Hall–Kier alpha value is -1.14. The predicted molar refractivity (Wildman–Crippen MR) is 167 cm³/mol. The monoisotopic (exact) mass is 611 g/mol. The molecule has 0 aliphatic carbocycles. The van der Waals surface area contributed by atoms with Gasteiger partial charge in [-0.1, -0.05) is 20.8 Å². The first-order valence-electron chi connectivity index (χ1n) is 16.4. The van der Waals surface area contributed by atoms with E-state index in [1.165, 1.54) is 0 Å². The van der Waals surface area contributed by atoms with Crippen molar-refractivity contribution < 1.29 is 33.6 Å². The van der Waals surface area contributed by atoms with Crippen LogP contribution in [0.4, 0.5) is 0 Å². The minimum absolute atomic E-state index is 0.0607. The Kier molecular flexibility index (Phi) is 12.6. The molecule has 3 rings (SSSR count). The maximum atomic E-state index is 14.2. The molecule has 250 valence electrons. The summed E-state index contributed by atoms with van der Waals surface area (Å²) < 4.78 is 25.0. The molecule has 3 fully saturated rings. The number of esters is 1. The summed E-state index contributed by atoms with van der Waals surface area (Å²) in [7, 11) is 7.63. The zero-order valence-corrected chi connectivity index (χ0v) is 28.8. The predicted octanol–water partition coefficient (Wildman–Crippen LogP) is 3.05.